The number of guanidine groups is 1. The summed E-state index contributed by atoms with van der Waals surface area (Å²) in [5, 5.41) is 10.6. The van der Waals surface area contributed by atoms with Gasteiger partial charge in [-0.3, -0.25) is 4.90 Å². The van der Waals surface area contributed by atoms with Gasteiger partial charge in [0.15, 0.2) is 11.1 Å². The molecule has 0 unspecified atom stereocenters. The Labute approximate surface area is 188 Å². The van der Waals surface area contributed by atoms with Crippen LogP contribution in [-0.2, 0) is 13.1 Å². The molecule has 2 aromatic rings. The van der Waals surface area contributed by atoms with E-state index >= 15 is 0 Å². The lowest BCUT2D eigenvalue weighted by Crippen LogP contribution is -2.52. The Kier molecular flexibility index (Phi) is 8.96. The lowest BCUT2D eigenvalue weighted by Gasteiger charge is -2.36. The average molecular weight is 519 g/mol. The van der Waals surface area contributed by atoms with Gasteiger partial charge < -0.3 is 19.6 Å². The molecule has 1 N–H and O–H groups in total. The summed E-state index contributed by atoms with van der Waals surface area (Å²) in [6.45, 7) is 10.2. The summed E-state index contributed by atoms with van der Waals surface area (Å²) >= 11 is 1.65. The number of aryl methyl sites for hydroxylation is 1. The number of nitrogens with one attached hydrogen (secondary N) is 1. The van der Waals surface area contributed by atoms with Crippen LogP contribution in [0.25, 0.3) is 0 Å². The van der Waals surface area contributed by atoms with E-state index in [1.807, 2.05) is 32.0 Å². The molecule has 1 fully saturated rings. The first-order valence-corrected chi connectivity index (χ1v) is 10.2. The Morgan fingerprint density at radius 1 is 1.29 bits per heavy atom. The normalized spacial score (nSPS) is 15.4. The Hall–Kier alpha value is -1.40. The van der Waals surface area contributed by atoms with Gasteiger partial charge in [-0.25, -0.2) is 9.98 Å². The molecule has 0 aromatic carbocycles. The average Bonchev–Trinajstić information content (AvgIpc) is 3.28. The van der Waals surface area contributed by atoms with Crippen molar-refractivity contribution in [2.24, 2.45) is 4.99 Å². The molecule has 3 rings (SSSR count). The molecule has 0 radical (unpaired) electrons. The molecule has 8 nitrogen and oxygen atoms in total. The maximum atomic E-state index is 5.16. The van der Waals surface area contributed by atoms with E-state index in [2.05, 4.69) is 37.6 Å². The summed E-state index contributed by atoms with van der Waals surface area (Å²) in [5.41, 5.74) is 2.01. The molecule has 0 aliphatic carbocycles. The van der Waals surface area contributed by atoms with E-state index in [9.17, 15) is 0 Å². The predicted octanol–water partition coefficient (Wildman–Crippen LogP) is 2.41. The van der Waals surface area contributed by atoms with E-state index in [0.717, 1.165) is 67.5 Å². The van der Waals surface area contributed by atoms with Crippen LogP contribution in [-0.4, -0.2) is 72.7 Å². The minimum Gasteiger partial charge on any atom is -0.361 e. The van der Waals surface area contributed by atoms with Crippen LogP contribution in [0.1, 0.15) is 24.1 Å². The molecule has 0 bridgehead atoms. The van der Waals surface area contributed by atoms with Crippen LogP contribution >= 0.6 is 35.3 Å². The van der Waals surface area contributed by atoms with E-state index in [0.29, 0.717) is 6.54 Å². The SMILES string of the molecule is CCNC(=NCc1csc(N(C)C)n1)N1CCN(Cc2cc(C)on2)CC1.I. The summed E-state index contributed by atoms with van der Waals surface area (Å²) < 4.78 is 5.16. The fraction of sp³-hybridized carbons (Fsp3) is 0.611. The first-order chi connectivity index (χ1) is 13.0. The van der Waals surface area contributed by atoms with E-state index in [1.165, 1.54) is 0 Å². The van der Waals surface area contributed by atoms with E-state index in [1.54, 1.807) is 11.3 Å². The third-order valence-electron chi connectivity index (χ3n) is 4.38. The first-order valence-electron chi connectivity index (χ1n) is 9.34. The topological polar surface area (TPSA) is 73.0 Å². The summed E-state index contributed by atoms with van der Waals surface area (Å²) in [4.78, 5) is 16.2. The van der Waals surface area contributed by atoms with Crippen molar-refractivity contribution in [2.45, 2.75) is 26.9 Å². The van der Waals surface area contributed by atoms with Crippen molar-refractivity contribution >= 4 is 46.4 Å². The van der Waals surface area contributed by atoms with E-state index in [4.69, 9.17) is 9.52 Å². The van der Waals surface area contributed by atoms with Crippen LogP contribution in [0.15, 0.2) is 21.0 Å². The van der Waals surface area contributed by atoms with Crippen molar-refractivity contribution in [1.29, 1.82) is 0 Å². The highest BCUT2D eigenvalue weighted by Crippen LogP contribution is 2.18. The fourth-order valence-corrected chi connectivity index (χ4v) is 3.74. The smallest absolute Gasteiger partial charge is 0.194 e. The minimum absolute atomic E-state index is 0. The lowest BCUT2D eigenvalue weighted by molar-refractivity contribution is 0.169. The largest absolute Gasteiger partial charge is 0.361 e. The molecular formula is C18H30IN7OS. The predicted molar refractivity (Wildman–Crippen MR) is 125 cm³/mol. The highest BCUT2D eigenvalue weighted by molar-refractivity contribution is 14.0. The second-order valence-electron chi connectivity index (χ2n) is 6.88. The van der Waals surface area contributed by atoms with Gasteiger partial charge in [-0.1, -0.05) is 5.16 Å². The summed E-state index contributed by atoms with van der Waals surface area (Å²) in [6, 6.07) is 2.01. The monoisotopic (exact) mass is 519 g/mol. The molecule has 10 heteroatoms. The van der Waals surface area contributed by atoms with Crippen molar-refractivity contribution < 1.29 is 4.52 Å². The van der Waals surface area contributed by atoms with E-state index < -0.39 is 0 Å². The highest BCUT2D eigenvalue weighted by Gasteiger charge is 2.20. The van der Waals surface area contributed by atoms with Gasteiger partial charge in [0.2, 0.25) is 0 Å². The lowest BCUT2D eigenvalue weighted by atomic mass is 10.3. The van der Waals surface area contributed by atoms with Gasteiger partial charge in [0.25, 0.3) is 0 Å². The van der Waals surface area contributed by atoms with Crippen molar-refractivity contribution in [3.63, 3.8) is 0 Å². The number of hydrogen-bond acceptors (Lipinski definition) is 7. The molecule has 156 valence electrons. The maximum absolute atomic E-state index is 5.16. The van der Waals surface area contributed by atoms with Crippen LogP contribution in [0.5, 0.6) is 0 Å². The Morgan fingerprint density at radius 2 is 2.04 bits per heavy atom. The third kappa shape index (κ3) is 6.31. The van der Waals surface area contributed by atoms with Gasteiger partial charge >= 0.3 is 0 Å². The van der Waals surface area contributed by atoms with Crippen LogP contribution in [0.3, 0.4) is 0 Å². The Morgan fingerprint density at radius 3 is 2.61 bits per heavy atom. The number of aromatic nitrogens is 2. The zero-order valence-electron chi connectivity index (χ0n) is 17.0. The molecule has 0 atom stereocenters. The van der Waals surface area contributed by atoms with Gasteiger partial charge in [0.05, 0.1) is 17.9 Å². The zero-order chi connectivity index (χ0) is 19.2. The molecule has 1 aliphatic heterocycles. The Bertz CT molecular complexity index is 753. The van der Waals surface area contributed by atoms with Gasteiger partial charge in [0, 0.05) is 64.8 Å². The number of anilines is 1. The van der Waals surface area contributed by atoms with Gasteiger partial charge in [0.1, 0.15) is 5.76 Å². The first kappa shape index (κ1) is 22.9. The van der Waals surface area contributed by atoms with Crippen molar-refractivity contribution in [3.05, 3.63) is 28.6 Å². The standard InChI is InChI=1S/C18H29N7OS.HI/c1-5-19-17(20-11-16-13-27-18(21-16)23(3)4)25-8-6-24(7-9-25)12-15-10-14(2)26-22-15;/h10,13H,5-9,11-12H2,1-4H3,(H,19,20);1H. The number of nitrogens with zero attached hydrogens (tertiary/aromatic N) is 6. The zero-order valence-corrected chi connectivity index (χ0v) is 20.2. The summed E-state index contributed by atoms with van der Waals surface area (Å²) in [6.07, 6.45) is 0. The van der Waals surface area contributed by atoms with Crippen molar-refractivity contribution in [2.75, 3.05) is 51.7 Å². The minimum atomic E-state index is 0. The van der Waals surface area contributed by atoms with Crippen LogP contribution in [0.4, 0.5) is 5.13 Å². The molecule has 2 aromatic heterocycles. The molecule has 1 saturated heterocycles. The molecule has 1 aliphatic rings. The number of rotatable bonds is 6. The third-order valence-corrected chi connectivity index (χ3v) is 5.44. The Balaban J connectivity index is 0.00000280. The van der Waals surface area contributed by atoms with Gasteiger partial charge in [-0.15, -0.1) is 35.3 Å². The summed E-state index contributed by atoms with van der Waals surface area (Å²) in [5.74, 6) is 1.83. The number of thiazole rings is 1. The molecule has 0 amide bonds. The maximum Gasteiger partial charge on any atom is 0.194 e. The molecule has 0 saturated carbocycles. The number of piperazine rings is 1. The highest BCUT2D eigenvalue weighted by atomic mass is 127. The second kappa shape index (κ2) is 11.0. The van der Waals surface area contributed by atoms with Crippen molar-refractivity contribution in [3.8, 4) is 0 Å². The van der Waals surface area contributed by atoms with Gasteiger partial charge in [-0.2, -0.15) is 0 Å². The molecule has 0 spiro atoms. The van der Waals surface area contributed by atoms with Crippen molar-refractivity contribution in [1.82, 2.24) is 25.3 Å². The van der Waals surface area contributed by atoms with Gasteiger partial charge in [-0.05, 0) is 13.8 Å². The second-order valence-corrected chi connectivity index (χ2v) is 7.71. The van der Waals surface area contributed by atoms with E-state index in [-0.39, 0.29) is 24.0 Å². The number of hydrogen-bond donors (Lipinski definition) is 1. The van der Waals surface area contributed by atoms with Crippen LogP contribution in [0.2, 0.25) is 0 Å². The number of halogens is 1. The molecule has 28 heavy (non-hydrogen) atoms. The molecular weight excluding hydrogens is 489 g/mol. The fourth-order valence-electron chi connectivity index (χ4n) is 3.00. The molecule has 3 heterocycles. The van der Waals surface area contributed by atoms with Crippen LogP contribution in [0, 0.1) is 6.92 Å². The quantitative estimate of drug-likeness (QED) is 0.357. The number of aliphatic imine (C=N–C) groups is 1. The van der Waals surface area contributed by atoms with Crippen LogP contribution < -0.4 is 10.2 Å². The summed E-state index contributed by atoms with van der Waals surface area (Å²) in [7, 11) is 4.02.